The number of benzene rings is 1. The summed E-state index contributed by atoms with van der Waals surface area (Å²) in [5, 5.41) is 8.13. The fourth-order valence-electron chi connectivity index (χ4n) is 3.03. The molecular formula is C17H24N4O2. The van der Waals surface area contributed by atoms with Crippen LogP contribution >= 0.6 is 0 Å². The topological polar surface area (TPSA) is 52.4 Å². The molecule has 0 aliphatic carbocycles. The minimum atomic E-state index is -0.000632. The normalized spacial score (nSPS) is 20.4. The number of aromatic nitrogens is 3. The Morgan fingerprint density at radius 1 is 1.35 bits per heavy atom. The van der Waals surface area contributed by atoms with Crippen molar-refractivity contribution in [3.8, 4) is 5.75 Å². The standard InChI is InChI=1S/C17H24N4O2/c1-13(14-4-6-15(22-3)7-5-14)10-21-8-9-23-16(11-21)17-19-18-12-20(17)2/h4-7,12-13,16H,8-11H2,1-3H3. The van der Waals surface area contributed by atoms with Gasteiger partial charge in [0, 0.05) is 26.7 Å². The predicted molar refractivity (Wildman–Crippen MR) is 87.5 cm³/mol. The first-order valence-corrected chi connectivity index (χ1v) is 7.99. The van der Waals surface area contributed by atoms with Gasteiger partial charge in [0.05, 0.1) is 13.7 Å². The van der Waals surface area contributed by atoms with Gasteiger partial charge in [-0.3, -0.25) is 4.90 Å². The maximum Gasteiger partial charge on any atom is 0.163 e. The highest BCUT2D eigenvalue weighted by Crippen LogP contribution is 2.24. The molecule has 0 N–H and O–H groups in total. The number of hydrogen-bond donors (Lipinski definition) is 0. The minimum Gasteiger partial charge on any atom is -0.497 e. The molecule has 0 bridgehead atoms. The number of nitrogens with zero attached hydrogens (tertiary/aromatic N) is 4. The summed E-state index contributed by atoms with van der Waals surface area (Å²) in [5.41, 5.74) is 1.33. The second kappa shape index (κ2) is 7.10. The fourth-order valence-corrected chi connectivity index (χ4v) is 3.03. The molecule has 6 heteroatoms. The van der Waals surface area contributed by atoms with E-state index in [9.17, 15) is 0 Å². The van der Waals surface area contributed by atoms with Gasteiger partial charge in [0.2, 0.25) is 0 Å². The molecule has 23 heavy (non-hydrogen) atoms. The molecule has 124 valence electrons. The van der Waals surface area contributed by atoms with Crippen LogP contribution in [-0.4, -0.2) is 53.0 Å². The van der Waals surface area contributed by atoms with E-state index in [1.54, 1.807) is 13.4 Å². The quantitative estimate of drug-likeness (QED) is 0.844. The van der Waals surface area contributed by atoms with Crippen molar-refractivity contribution in [2.24, 2.45) is 7.05 Å². The third-order valence-electron chi connectivity index (χ3n) is 4.40. The summed E-state index contributed by atoms with van der Waals surface area (Å²) >= 11 is 0. The minimum absolute atomic E-state index is 0.000632. The fraction of sp³-hybridized carbons (Fsp3) is 0.529. The van der Waals surface area contributed by atoms with E-state index in [-0.39, 0.29) is 6.10 Å². The van der Waals surface area contributed by atoms with Gasteiger partial charge in [0.15, 0.2) is 5.82 Å². The summed E-state index contributed by atoms with van der Waals surface area (Å²) in [4.78, 5) is 2.44. The molecule has 1 aromatic heterocycles. The van der Waals surface area contributed by atoms with Crippen LogP contribution in [0.1, 0.15) is 30.3 Å². The van der Waals surface area contributed by atoms with Crippen LogP contribution in [0.3, 0.4) is 0 Å². The third-order valence-corrected chi connectivity index (χ3v) is 4.40. The number of ether oxygens (including phenoxy) is 2. The van der Waals surface area contributed by atoms with Gasteiger partial charge in [0.25, 0.3) is 0 Å². The van der Waals surface area contributed by atoms with Crippen molar-refractivity contribution in [2.45, 2.75) is 18.9 Å². The lowest BCUT2D eigenvalue weighted by molar-refractivity contribution is -0.0369. The second-order valence-electron chi connectivity index (χ2n) is 6.09. The van der Waals surface area contributed by atoms with Gasteiger partial charge in [-0.05, 0) is 23.6 Å². The summed E-state index contributed by atoms with van der Waals surface area (Å²) in [5.74, 6) is 2.25. The maximum absolute atomic E-state index is 5.87. The van der Waals surface area contributed by atoms with Gasteiger partial charge in [-0.15, -0.1) is 10.2 Å². The molecule has 1 aromatic carbocycles. The van der Waals surface area contributed by atoms with E-state index in [1.807, 2.05) is 23.7 Å². The molecule has 0 amide bonds. The largest absolute Gasteiger partial charge is 0.497 e. The van der Waals surface area contributed by atoms with Crippen LogP contribution in [0.4, 0.5) is 0 Å². The maximum atomic E-state index is 5.87. The van der Waals surface area contributed by atoms with Crippen LogP contribution in [0.5, 0.6) is 5.75 Å². The molecule has 1 aliphatic rings. The summed E-state index contributed by atoms with van der Waals surface area (Å²) in [6.45, 7) is 5.80. The van der Waals surface area contributed by atoms with E-state index >= 15 is 0 Å². The van der Waals surface area contributed by atoms with Crippen molar-refractivity contribution in [2.75, 3.05) is 33.4 Å². The summed E-state index contributed by atoms with van der Waals surface area (Å²) < 4.78 is 13.0. The predicted octanol–water partition coefficient (Wildman–Crippen LogP) is 2.00. The molecule has 0 saturated carbocycles. The van der Waals surface area contributed by atoms with Crippen molar-refractivity contribution in [3.05, 3.63) is 42.0 Å². The zero-order valence-electron chi connectivity index (χ0n) is 14.0. The average molecular weight is 316 g/mol. The number of morpholine rings is 1. The summed E-state index contributed by atoms with van der Waals surface area (Å²) in [6.07, 6.45) is 1.72. The highest BCUT2D eigenvalue weighted by atomic mass is 16.5. The zero-order chi connectivity index (χ0) is 16.2. The Balaban J connectivity index is 1.61. The molecule has 0 radical (unpaired) electrons. The monoisotopic (exact) mass is 316 g/mol. The second-order valence-corrected chi connectivity index (χ2v) is 6.09. The van der Waals surface area contributed by atoms with Crippen LogP contribution in [0.25, 0.3) is 0 Å². The third kappa shape index (κ3) is 3.71. The molecule has 0 spiro atoms. The summed E-state index contributed by atoms with van der Waals surface area (Å²) in [6, 6.07) is 8.33. The Morgan fingerprint density at radius 2 is 2.13 bits per heavy atom. The van der Waals surface area contributed by atoms with Gasteiger partial charge < -0.3 is 14.0 Å². The zero-order valence-corrected chi connectivity index (χ0v) is 14.0. The number of aryl methyl sites for hydroxylation is 1. The Morgan fingerprint density at radius 3 is 2.78 bits per heavy atom. The highest BCUT2D eigenvalue weighted by molar-refractivity contribution is 5.29. The molecule has 3 rings (SSSR count). The van der Waals surface area contributed by atoms with Gasteiger partial charge in [0.1, 0.15) is 18.2 Å². The number of rotatable bonds is 5. The van der Waals surface area contributed by atoms with Crippen molar-refractivity contribution < 1.29 is 9.47 Å². The molecule has 2 aromatic rings. The SMILES string of the molecule is COc1ccc(C(C)CN2CCOC(c3nncn3C)C2)cc1. The number of hydrogen-bond acceptors (Lipinski definition) is 5. The smallest absolute Gasteiger partial charge is 0.163 e. The van der Waals surface area contributed by atoms with E-state index < -0.39 is 0 Å². The molecule has 2 heterocycles. The van der Waals surface area contributed by atoms with Gasteiger partial charge in [-0.25, -0.2) is 0 Å². The average Bonchev–Trinajstić information content (AvgIpc) is 3.01. The molecule has 6 nitrogen and oxygen atoms in total. The molecule has 1 fully saturated rings. The van der Waals surface area contributed by atoms with Crippen molar-refractivity contribution >= 4 is 0 Å². The van der Waals surface area contributed by atoms with Crippen LogP contribution < -0.4 is 4.74 Å². The Labute approximate surface area is 137 Å². The van der Waals surface area contributed by atoms with Crippen LogP contribution in [0, 0.1) is 0 Å². The van der Waals surface area contributed by atoms with Crippen LogP contribution in [0.2, 0.25) is 0 Å². The van der Waals surface area contributed by atoms with Crippen molar-refractivity contribution in [1.29, 1.82) is 0 Å². The molecule has 2 atom stereocenters. The van der Waals surface area contributed by atoms with Crippen molar-refractivity contribution in [1.82, 2.24) is 19.7 Å². The van der Waals surface area contributed by atoms with E-state index in [4.69, 9.17) is 9.47 Å². The Hall–Kier alpha value is -1.92. The van der Waals surface area contributed by atoms with E-state index in [0.29, 0.717) is 5.92 Å². The number of methoxy groups -OCH3 is 1. The first kappa shape index (κ1) is 16.0. The van der Waals surface area contributed by atoms with Crippen molar-refractivity contribution in [3.63, 3.8) is 0 Å². The lowest BCUT2D eigenvalue weighted by Crippen LogP contribution is -2.40. The summed E-state index contributed by atoms with van der Waals surface area (Å²) in [7, 11) is 3.65. The van der Waals surface area contributed by atoms with Gasteiger partial charge in [-0.2, -0.15) is 0 Å². The first-order chi connectivity index (χ1) is 11.2. The molecule has 1 saturated heterocycles. The van der Waals surface area contributed by atoms with Gasteiger partial charge in [-0.1, -0.05) is 19.1 Å². The first-order valence-electron chi connectivity index (χ1n) is 7.99. The molecular weight excluding hydrogens is 292 g/mol. The highest BCUT2D eigenvalue weighted by Gasteiger charge is 2.26. The van der Waals surface area contributed by atoms with Crippen LogP contribution in [-0.2, 0) is 11.8 Å². The van der Waals surface area contributed by atoms with Gasteiger partial charge >= 0.3 is 0 Å². The van der Waals surface area contributed by atoms with Crippen LogP contribution in [0.15, 0.2) is 30.6 Å². The Bertz CT molecular complexity index is 626. The van der Waals surface area contributed by atoms with E-state index in [0.717, 1.165) is 37.8 Å². The Kier molecular flexibility index (Phi) is 4.93. The van der Waals surface area contributed by atoms with E-state index in [1.165, 1.54) is 5.56 Å². The molecule has 1 aliphatic heterocycles. The van der Waals surface area contributed by atoms with E-state index in [2.05, 4.69) is 34.2 Å². The lowest BCUT2D eigenvalue weighted by Gasteiger charge is -2.34. The molecule has 2 unspecified atom stereocenters. The lowest BCUT2D eigenvalue weighted by atomic mass is 10.00.